The van der Waals surface area contributed by atoms with Gasteiger partial charge in [-0.05, 0) is 30.3 Å². The minimum absolute atomic E-state index is 0.982. The van der Waals surface area contributed by atoms with Crippen LogP contribution in [0.3, 0.4) is 0 Å². The van der Waals surface area contributed by atoms with Crippen LogP contribution in [0.2, 0.25) is 0 Å². The number of pyridine rings is 1. The molecule has 4 nitrogen and oxygen atoms in total. The number of aromatic nitrogens is 3. The zero-order valence-corrected chi connectivity index (χ0v) is 11.6. The lowest BCUT2D eigenvalue weighted by atomic mass is 10.2. The lowest BCUT2D eigenvalue weighted by Gasteiger charge is -2.07. The molecule has 0 spiro atoms. The standard InChI is InChI=1S/C17H14N4/c1-21-17-9-14(7-6-13(17)10-19-21)20-15-8-12-4-2-3-5-16(12)18-11-15/h2-11,20H,1H3. The van der Waals surface area contributed by atoms with Gasteiger partial charge in [-0.3, -0.25) is 9.67 Å². The Morgan fingerprint density at radius 2 is 1.81 bits per heavy atom. The molecule has 0 saturated heterocycles. The number of anilines is 2. The molecular formula is C17H14N4. The maximum atomic E-state index is 4.47. The molecule has 102 valence electrons. The Balaban J connectivity index is 1.73. The third kappa shape index (κ3) is 2.10. The molecule has 0 atom stereocenters. The van der Waals surface area contributed by atoms with E-state index in [9.17, 15) is 0 Å². The molecule has 0 aliphatic carbocycles. The van der Waals surface area contributed by atoms with Crippen LogP contribution < -0.4 is 5.32 Å². The third-order valence-corrected chi connectivity index (χ3v) is 3.63. The summed E-state index contributed by atoms with van der Waals surface area (Å²) in [6, 6.07) is 16.4. The number of nitrogens with zero attached hydrogens (tertiary/aromatic N) is 3. The average Bonchev–Trinajstić information content (AvgIpc) is 2.88. The molecule has 0 saturated carbocycles. The molecule has 0 amide bonds. The number of rotatable bonds is 2. The van der Waals surface area contributed by atoms with Gasteiger partial charge < -0.3 is 5.32 Å². The Bertz CT molecular complexity index is 940. The molecule has 0 aliphatic heterocycles. The minimum atomic E-state index is 0.982. The van der Waals surface area contributed by atoms with Crippen LogP contribution in [0.1, 0.15) is 0 Å². The van der Waals surface area contributed by atoms with Crippen molar-refractivity contribution in [3.8, 4) is 0 Å². The van der Waals surface area contributed by atoms with Crippen LogP contribution in [0.4, 0.5) is 11.4 Å². The van der Waals surface area contributed by atoms with Gasteiger partial charge in [-0.2, -0.15) is 5.10 Å². The second-order valence-electron chi connectivity index (χ2n) is 5.08. The van der Waals surface area contributed by atoms with E-state index in [1.807, 2.05) is 42.3 Å². The van der Waals surface area contributed by atoms with Crippen molar-refractivity contribution in [3.05, 3.63) is 60.9 Å². The summed E-state index contributed by atoms with van der Waals surface area (Å²) in [5, 5.41) is 9.93. The Kier molecular flexibility index (Phi) is 2.60. The van der Waals surface area contributed by atoms with Crippen molar-refractivity contribution in [1.82, 2.24) is 14.8 Å². The van der Waals surface area contributed by atoms with Crippen LogP contribution in [-0.4, -0.2) is 14.8 Å². The van der Waals surface area contributed by atoms with E-state index in [2.05, 4.69) is 45.7 Å². The zero-order valence-electron chi connectivity index (χ0n) is 11.6. The summed E-state index contributed by atoms with van der Waals surface area (Å²) >= 11 is 0. The first kappa shape index (κ1) is 11.9. The molecule has 4 heteroatoms. The summed E-state index contributed by atoms with van der Waals surface area (Å²) in [5.74, 6) is 0. The summed E-state index contributed by atoms with van der Waals surface area (Å²) in [5.41, 5.74) is 4.12. The predicted molar refractivity (Wildman–Crippen MR) is 85.7 cm³/mol. The van der Waals surface area contributed by atoms with Gasteiger partial charge >= 0.3 is 0 Å². The molecular weight excluding hydrogens is 260 g/mol. The van der Waals surface area contributed by atoms with E-state index >= 15 is 0 Å². The lowest BCUT2D eigenvalue weighted by molar-refractivity contribution is 0.797. The molecule has 21 heavy (non-hydrogen) atoms. The predicted octanol–water partition coefficient (Wildman–Crippen LogP) is 3.87. The van der Waals surface area contributed by atoms with Gasteiger partial charge in [0.2, 0.25) is 0 Å². The van der Waals surface area contributed by atoms with Crippen molar-refractivity contribution in [1.29, 1.82) is 0 Å². The highest BCUT2D eigenvalue weighted by Crippen LogP contribution is 2.23. The van der Waals surface area contributed by atoms with Crippen LogP contribution in [0.15, 0.2) is 60.9 Å². The van der Waals surface area contributed by atoms with Gasteiger partial charge in [0.25, 0.3) is 0 Å². The molecule has 2 heterocycles. The van der Waals surface area contributed by atoms with Crippen LogP contribution >= 0.6 is 0 Å². The van der Waals surface area contributed by atoms with Crippen molar-refractivity contribution in [2.24, 2.45) is 7.05 Å². The van der Waals surface area contributed by atoms with E-state index in [-0.39, 0.29) is 0 Å². The second-order valence-corrected chi connectivity index (χ2v) is 5.08. The fourth-order valence-corrected chi connectivity index (χ4v) is 2.53. The first-order valence-corrected chi connectivity index (χ1v) is 6.83. The van der Waals surface area contributed by atoms with Gasteiger partial charge in [-0.15, -0.1) is 0 Å². The molecule has 0 radical (unpaired) electrons. The molecule has 4 aromatic rings. The zero-order chi connectivity index (χ0) is 14.2. The van der Waals surface area contributed by atoms with Crippen molar-refractivity contribution in [2.45, 2.75) is 0 Å². The topological polar surface area (TPSA) is 42.7 Å². The molecule has 2 aromatic carbocycles. The summed E-state index contributed by atoms with van der Waals surface area (Å²) in [6.45, 7) is 0. The number of benzene rings is 2. The van der Waals surface area contributed by atoms with Gasteiger partial charge in [-0.25, -0.2) is 0 Å². The first-order chi connectivity index (χ1) is 10.3. The van der Waals surface area contributed by atoms with Crippen LogP contribution in [0.5, 0.6) is 0 Å². The average molecular weight is 274 g/mol. The first-order valence-electron chi connectivity index (χ1n) is 6.83. The monoisotopic (exact) mass is 274 g/mol. The summed E-state index contributed by atoms with van der Waals surface area (Å²) in [7, 11) is 1.95. The molecule has 2 aromatic heterocycles. The van der Waals surface area contributed by atoms with E-state index in [1.54, 1.807) is 0 Å². The smallest absolute Gasteiger partial charge is 0.0703 e. The maximum Gasteiger partial charge on any atom is 0.0703 e. The Morgan fingerprint density at radius 3 is 2.76 bits per heavy atom. The van der Waals surface area contributed by atoms with Gasteiger partial charge in [0.05, 0.1) is 29.1 Å². The minimum Gasteiger partial charge on any atom is -0.354 e. The van der Waals surface area contributed by atoms with E-state index in [0.717, 1.165) is 33.2 Å². The van der Waals surface area contributed by atoms with Gasteiger partial charge in [-0.1, -0.05) is 18.2 Å². The van der Waals surface area contributed by atoms with E-state index in [1.165, 1.54) is 0 Å². The van der Waals surface area contributed by atoms with Crippen LogP contribution in [-0.2, 0) is 7.05 Å². The molecule has 0 unspecified atom stereocenters. The maximum absolute atomic E-state index is 4.47. The molecule has 1 N–H and O–H groups in total. The molecule has 4 rings (SSSR count). The fraction of sp³-hybridized carbons (Fsp3) is 0.0588. The number of fused-ring (bicyclic) bond motifs is 2. The van der Waals surface area contributed by atoms with E-state index in [0.29, 0.717) is 0 Å². The number of para-hydroxylation sites is 1. The highest BCUT2D eigenvalue weighted by molar-refractivity contribution is 5.85. The number of hydrogen-bond acceptors (Lipinski definition) is 3. The van der Waals surface area contributed by atoms with Crippen molar-refractivity contribution >= 4 is 33.2 Å². The quantitative estimate of drug-likeness (QED) is 0.603. The summed E-state index contributed by atoms with van der Waals surface area (Å²) < 4.78 is 1.87. The van der Waals surface area contributed by atoms with E-state index in [4.69, 9.17) is 0 Å². The third-order valence-electron chi connectivity index (χ3n) is 3.63. The summed E-state index contributed by atoms with van der Waals surface area (Å²) in [6.07, 6.45) is 3.73. The van der Waals surface area contributed by atoms with Gasteiger partial charge in [0.15, 0.2) is 0 Å². The lowest BCUT2D eigenvalue weighted by Crippen LogP contribution is -1.93. The Labute approximate surface area is 122 Å². The molecule has 0 bridgehead atoms. The van der Waals surface area contributed by atoms with Crippen molar-refractivity contribution < 1.29 is 0 Å². The Morgan fingerprint density at radius 1 is 0.905 bits per heavy atom. The van der Waals surface area contributed by atoms with E-state index < -0.39 is 0 Å². The normalized spacial score (nSPS) is 11.1. The van der Waals surface area contributed by atoms with Gasteiger partial charge in [0.1, 0.15) is 0 Å². The largest absolute Gasteiger partial charge is 0.354 e. The fourth-order valence-electron chi connectivity index (χ4n) is 2.53. The highest BCUT2D eigenvalue weighted by Gasteiger charge is 2.02. The van der Waals surface area contributed by atoms with Gasteiger partial charge in [0, 0.05) is 23.5 Å². The number of nitrogens with one attached hydrogen (secondary N) is 1. The van der Waals surface area contributed by atoms with Crippen molar-refractivity contribution in [2.75, 3.05) is 5.32 Å². The SMILES string of the molecule is Cn1ncc2ccc(Nc3cnc4ccccc4c3)cc21. The number of hydrogen-bond donors (Lipinski definition) is 1. The second kappa shape index (κ2) is 4.59. The number of aryl methyl sites for hydroxylation is 1. The summed E-state index contributed by atoms with van der Waals surface area (Å²) in [4.78, 5) is 4.47. The molecule has 0 fully saturated rings. The van der Waals surface area contributed by atoms with Crippen molar-refractivity contribution in [3.63, 3.8) is 0 Å². The highest BCUT2D eigenvalue weighted by atomic mass is 15.2. The van der Waals surface area contributed by atoms with Crippen LogP contribution in [0.25, 0.3) is 21.8 Å². The Hall–Kier alpha value is -2.88. The van der Waals surface area contributed by atoms with Crippen LogP contribution in [0, 0.1) is 0 Å². The molecule has 0 aliphatic rings.